The van der Waals surface area contributed by atoms with Gasteiger partial charge in [0.2, 0.25) is 0 Å². The number of carbonyl (C=O) groups is 3. The highest BCUT2D eigenvalue weighted by atomic mass is 19.4. The second-order valence-electron chi connectivity index (χ2n) is 11.5. The topological polar surface area (TPSA) is 81.7 Å². The van der Waals surface area contributed by atoms with Crippen molar-refractivity contribution in [2.75, 3.05) is 0 Å². The lowest BCUT2D eigenvalue weighted by atomic mass is 9.90. The average Bonchev–Trinajstić information content (AvgIpc) is 2.97. The Labute approximate surface area is 267 Å². The first kappa shape index (κ1) is 37.2. The van der Waals surface area contributed by atoms with Crippen molar-refractivity contribution < 1.29 is 54.6 Å². The molecule has 0 saturated heterocycles. The summed E-state index contributed by atoms with van der Waals surface area (Å²) >= 11 is 0. The number of nitrogens with one attached hydrogen (secondary N) is 1. The van der Waals surface area contributed by atoms with Gasteiger partial charge in [0, 0.05) is 19.0 Å². The van der Waals surface area contributed by atoms with Gasteiger partial charge in [0.25, 0.3) is 0 Å². The number of aryl methyl sites for hydroxylation is 2. The van der Waals surface area contributed by atoms with Gasteiger partial charge in [0.05, 0.1) is 11.1 Å². The Morgan fingerprint density at radius 2 is 1.47 bits per heavy atom. The summed E-state index contributed by atoms with van der Waals surface area (Å²) in [5.74, 6) is -0.490. The van der Waals surface area contributed by atoms with Crippen LogP contribution in [0, 0.1) is 19.7 Å². The summed E-state index contributed by atoms with van der Waals surface area (Å²) in [5, 5.41) is 3.02. The van der Waals surface area contributed by atoms with Gasteiger partial charge in [-0.2, -0.15) is 26.3 Å². The molecule has 0 bridgehead atoms. The van der Waals surface area contributed by atoms with Crippen molar-refractivity contribution in [1.82, 2.24) is 5.32 Å². The first-order chi connectivity index (χ1) is 21.8. The third-order valence-electron chi connectivity index (χ3n) is 7.47. The van der Waals surface area contributed by atoms with Crippen molar-refractivity contribution in [2.24, 2.45) is 0 Å². The third kappa shape index (κ3) is 9.63. The van der Waals surface area contributed by atoms with E-state index < -0.39 is 59.9 Å². The first-order valence-corrected chi connectivity index (χ1v) is 14.5. The van der Waals surface area contributed by atoms with Crippen LogP contribution >= 0.6 is 0 Å². The molecule has 1 N–H and O–H groups in total. The number of ether oxygens (including phenoxy) is 2. The Balaban J connectivity index is 2.07. The van der Waals surface area contributed by atoms with Crippen molar-refractivity contribution in [3.05, 3.63) is 93.3 Å². The van der Waals surface area contributed by atoms with E-state index in [4.69, 9.17) is 9.47 Å². The van der Waals surface area contributed by atoms with E-state index in [0.717, 1.165) is 11.1 Å². The monoisotopic (exact) mass is 669 g/mol. The summed E-state index contributed by atoms with van der Waals surface area (Å²) in [6, 6.07) is 8.30. The lowest BCUT2D eigenvalue weighted by Crippen LogP contribution is -2.35. The van der Waals surface area contributed by atoms with Crippen LogP contribution in [-0.4, -0.2) is 30.9 Å². The summed E-state index contributed by atoms with van der Waals surface area (Å²) in [7, 11) is 0. The fraction of sp³-hybridized carbons (Fsp3) is 0.382. The minimum absolute atomic E-state index is 0.00584. The van der Waals surface area contributed by atoms with E-state index in [1.54, 1.807) is 13.0 Å². The Kier molecular flexibility index (Phi) is 11.9. The van der Waals surface area contributed by atoms with Crippen molar-refractivity contribution in [2.45, 2.75) is 84.1 Å². The fourth-order valence-corrected chi connectivity index (χ4v) is 5.01. The first-order valence-electron chi connectivity index (χ1n) is 14.5. The molecule has 0 heterocycles. The summed E-state index contributed by atoms with van der Waals surface area (Å²) in [6.07, 6.45) is -15.5. The molecular formula is C34H34F7NO5. The van der Waals surface area contributed by atoms with Gasteiger partial charge >= 0.3 is 18.5 Å². The van der Waals surface area contributed by atoms with Crippen LogP contribution in [0.5, 0.6) is 0 Å². The number of alkyl halides is 6. The Morgan fingerprint density at radius 3 is 2.00 bits per heavy atom. The van der Waals surface area contributed by atoms with Gasteiger partial charge in [-0.3, -0.25) is 4.79 Å². The van der Waals surface area contributed by atoms with Crippen LogP contribution in [0.2, 0.25) is 0 Å². The zero-order valence-corrected chi connectivity index (χ0v) is 26.2. The predicted molar refractivity (Wildman–Crippen MR) is 159 cm³/mol. The molecule has 0 fully saturated rings. The zero-order chi connectivity index (χ0) is 35.3. The third-order valence-corrected chi connectivity index (χ3v) is 7.47. The van der Waals surface area contributed by atoms with Gasteiger partial charge in [-0.05, 0) is 90.4 Å². The second kappa shape index (κ2) is 15.1. The summed E-state index contributed by atoms with van der Waals surface area (Å²) < 4.78 is 107. The van der Waals surface area contributed by atoms with Gasteiger partial charge in [-0.25, -0.2) is 9.18 Å². The number of rotatable bonds is 12. The van der Waals surface area contributed by atoms with E-state index in [9.17, 15) is 45.1 Å². The number of hydrogen-bond donors (Lipinski definition) is 1. The molecule has 0 saturated carbocycles. The normalized spacial score (nSPS) is 14.0. The van der Waals surface area contributed by atoms with E-state index >= 15 is 0 Å². The standard InChI is InChI=1S/C34H34F7NO5/c1-18(2)28-15-29(20(4)11-30(28)35)27-7-6-19(3)10-23(27)16-42-21(5)31(47-32(45)46-26(17-44)8-9-43)22-12-24(33(36,37)38)14-25(13-22)34(39,40)41/h6-7,9-15,17-18,21,26,31,42H,8,16H2,1-5H3/t21-,26-,31-/m0/s1. The van der Waals surface area contributed by atoms with Gasteiger partial charge in [-0.15, -0.1) is 0 Å². The van der Waals surface area contributed by atoms with Crippen LogP contribution in [0.3, 0.4) is 0 Å². The number of aldehydes is 2. The molecule has 0 spiro atoms. The Hall–Kier alpha value is -4.26. The molecule has 3 rings (SSSR count). The van der Waals surface area contributed by atoms with E-state index in [1.165, 1.54) is 13.0 Å². The highest BCUT2D eigenvalue weighted by Gasteiger charge is 2.39. The molecule has 0 aliphatic rings. The highest BCUT2D eigenvalue weighted by molar-refractivity contribution is 5.72. The molecule has 47 heavy (non-hydrogen) atoms. The van der Waals surface area contributed by atoms with E-state index in [0.29, 0.717) is 34.4 Å². The second-order valence-corrected chi connectivity index (χ2v) is 11.5. The lowest BCUT2D eigenvalue weighted by molar-refractivity contribution is -0.143. The number of hydrogen-bond acceptors (Lipinski definition) is 6. The highest BCUT2D eigenvalue weighted by Crippen LogP contribution is 2.39. The van der Waals surface area contributed by atoms with Crippen molar-refractivity contribution in [3.8, 4) is 11.1 Å². The molecule has 254 valence electrons. The maximum absolute atomic E-state index is 14.7. The molecular weight excluding hydrogens is 635 g/mol. The van der Waals surface area contributed by atoms with Crippen LogP contribution < -0.4 is 5.32 Å². The van der Waals surface area contributed by atoms with Gasteiger partial charge in [-0.1, -0.05) is 37.6 Å². The zero-order valence-electron chi connectivity index (χ0n) is 26.2. The van der Waals surface area contributed by atoms with Crippen molar-refractivity contribution in [3.63, 3.8) is 0 Å². The van der Waals surface area contributed by atoms with Crippen molar-refractivity contribution >= 4 is 18.7 Å². The maximum atomic E-state index is 14.7. The summed E-state index contributed by atoms with van der Waals surface area (Å²) in [5.41, 5.74) is 0.134. The minimum Gasteiger partial charge on any atom is -0.424 e. The molecule has 3 atom stereocenters. The molecule has 0 aromatic heterocycles. The molecule has 0 unspecified atom stereocenters. The van der Waals surface area contributed by atoms with Crippen LogP contribution in [0.25, 0.3) is 11.1 Å². The number of halogens is 7. The van der Waals surface area contributed by atoms with E-state index in [1.807, 2.05) is 39.0 Å². The van der Waals surface area contributed by atoms with Crippen LogP contribution in [0.15, 0.2) is 48.5 Å². The molecule has 0 amide bonds. The quantitative estimate of drug-likeness (QED) is 0.118. The molecule has 3 aromatic carbocycles. The van der Waals surface area contributed by atoms with E-state index in [-0.39, 0.29) is 36.9 Å². The molecule has 0 aliphatic carbocycles. The lowest BCUT2D eigenvalue weighted by Gasteiger charge is -2.27. The van der Waals surface area contributed by atoms with Gasteiger partial charge in [0.1, 0.15) is 18.2 Å². The molecule has 6 nitrogen and oxygen atoms in total. The van der Waals surface area contributed by atoms with Crippen molar-refractivity contribution in [1.29, 1.82) is 0 Å². The average molecular weight is 670 g/mol. The van der Waals surface area contributed by atoms with Crippen LogP contribution in [-0.2, 0) is 38.0 Å². The summed E-state index contributed by atoms with van der Waals surface area (Å²) in [6.45, 7) is 8.62. The molecule has 13 heteroatoms. The minimum atomic E-state index is -5.18. The maximum Gasteiger partial charge on any atom is 0.509 e. The Bertz CT molecular complexity index is 1570. The molecule has 0 aliphatic heterocycles. The van der Waals surface area contributed by atoms with Crippen LogP contribution in [0.1, 0.15) is 78.2 Å². The van der Waals surface area contributed by atoms with Gasteiger partial charge in [0.15, 0.2) is 12.4 Å². The summed E-state index contributed by atoms with van der Waals surface area (Å²) in [4.78, 5) is 34.6. The largest absolute Gasteiger partial charge is 0.509 e. The van der Waals surface area contributed by atoms with Gasteiger partial charge < -0.3 is 19.6 Å². The van der Waals surface area contributed by atoms with Crippen LogP contribution in [0.4, 0.5) is 35.5 Å². The Morgan fingerprint density at radius 1 is 0.851 bits per heavy atom. The molecule has 3 aromatic rings. The van der Waals surface area contributed by atoms with E-state index in [2.05, 4.69) is 5.32 Å². The smallest absolute Gasteiger partial charge is 0.424 e. The molecule has 0 radical (unpaired) electrons. The predicted octanol–water partition coefficient (Wildman–Crippen LogP) is 8.80. The fourth-order valence-electron chi connectivity index (χ4n) is 5.01. The SMILES string of the molecule is Cc1ccc(-c2cc(C(C)C)c(F)cc2C)c(CN[C@@H](C)[C@H](OC(=O)O[C@H](C=O)CC=O)c2cc(C(F)(F)F)cc(C(F)(F)F)c2)c1. The number of benzene rings is 3. The number of carbonyl (C=O) groups excluding carboxylic acids is 3.